The Morgan fingerprint density at radius 2 is 2.18 bits per heavy atom. The summed E-state index contributed by atoms with van der Waals surface area (Å²) in [4.78, 5) is 13.6. The number of aromatic amines is 1. The van der Waals surface area contributed by atoms with E-state index in [1.165, 1.54) is 25.3 Å². The zero-order valence-corrected chi connectivity index (χ0v) is 11.5. The molecule has 1 aromatic rings. The fourth-order valence-electron chi connectivity index (χ4n) is 1.52. The van der Waals surface area contributed by atoms with E-state index in [-0.39, 0.29) is 5.56 Å². The van der Waals surface area contributed by atoms with E-state index in [0.717, 1.165) is 18.7 Å². The number of hydrogen-bond acceptors (Lipinski definition) is 3. The van der Waals surface area contributed by atoms with Crippen LogP contribution in [0.15, 0.2) is 29.0 Å². The van der Waals surface area contributed by atoms with Crippen LogP contribution in [0.2, 0.25) is 0 Å². The SMILES string of the molecule is C=CSCCCCCCn1ccc(=O)[nH]c1=S. The minimum Gasteiger partial charge on any atom is -0.325 e. The Labute approximate surface area is 111 Å². The lowest BCUT2D eigenvalue weighted by atomic mass is 10.2. The number of H-pyrrole nitrogens is 1. The summed E-state index contributed by atoms with van der Waals surface area (Å²) in [7, 11) is 0. The number of aromatic nitrogens is 2. The average Bonchev–Trinajstić information content (AvgIpc) is 2.30. The first-order valence-electron chi connectivity index (χ1n) is 5.76. The van der Waals surface area contributed by atoms with Gasteiger partial charge in [0.25, 0.3) is 5.56 Å². The van der Waals surface area contributed by atoms with Crippen LogP contribution in [-0.2, 0) is 6.54 Å². The summed E-state index contributed by atoms with van der Waals surface area (Å²) in [5, 5.41) is 1.89. The van der Waals surface area contributed by atoms with Gasteiger partial charge in [-0.25, -0.2) is 0 Å². The first kappa shape index (κ1) is 14.3. The zero-order chi connectivity index (χ0) is 12.5. The quantitative estimate of drug-likeness (QED) is 0.581. The summed E-state index contributed by atoms with van der Waals surface area (Å²) < 4.78 is 2.43. The van der Waals surface area contributed by atoms with Crippen molar-refractivity contribution in [3.63, 3.8) is 0 Å². The second kappa shape index (κ2) is 8.31. The molecule has 94 valence electrons. The molecule has 5 heteroatoms. The van der Waals surface area contributed by atoms with Crippen molar-refractivity contribution < 1.29 is 0 Å². The van der Waals surface area contributed by atoms with Crippen LogP contribution >= 0.6 is 24.0 Å². The van der Waals surface area contributed by atoms with Gasteiger partial charge in [0, 0.05) is 18.8 Å². The molecule has 0 aliphatic heterocycles. The summed E-state index contributed by atoms with van der Waals surface area (Å²) in [5.41, 5.74) is -0.132. The van der Waals surface area contributed by atoms with Crippen LogP contribution in [0.25, 0.3) is 0 Å². The number of unbranched alkanes of at least 4 members (excludes halogenated alkanes) is 3. The molecule has 0 atom stereocenters. The van der Waals surface area contributed by atoms with E-state index in [0.29, 0.717) is 4.77 Å². The number of hydrogen-bond donors (Lipinski definition) is 1. The Morgan fingerprint density at radius 1 is 1.41 bits per heavy atom. The van der Waals surface area contributed by atoms with Crippen LogP contribution in [0.5, 0.6) is 0 Å². The maximum atomic E-state index is 11.0. The van der Waals surface area contributed by atoms with Gasteiger partial charge in [0.2, 0.25) is 0 Å². The molecular weight excluding hydrogens is 252 g/mol. The van der Waals surface area contributed by atoms with Crippen LogP contribution in [0.4, 0.5) is 0 Å². The van der Waals surface area contributed by atoms with Crippen LogP contribution in [0, 0.1) is 4.77 Å². The van der Waals surface area contributed by atoms with Crippen molar-refractivity contribution in [1.29, 1.82) is 0 Å². The second-order valence-electron chi connectivity index (χ2n) is 3.76. The van der Waals surface area contributed by atoms with E-state index in [4.69, 9.17) is 12.2 Å². The Kier molecular flexibility index (Phi) is 6.96. The highest BCUT2D eigenvalue weighted by Crippen LogP contribution is 2.08. The van der Waals surface area contributed by atoms with Crippen LogP contribution < -0.4 is 5.56 Å². The third-order valence-electron chi connectivity index (χ3n) is 2.43. The van der Waals surface area contributed by atoms with Crippen molar-refractivity contribution in [1.82, 2.24) is 9.55 Å². The molecule has 0 radical (unpaired) electrons. The van der Waals surface area contributed by atoms with Gasteiger partial charge in [0.05, 0.1) is 0 Å². The molecule has 0 saturated heterocycles. The number of nitrogens with one attached hydrogen (secondary N) is 1. The van der Waals surface area contributed by atoms with E-state index in [2.05, 4.69) is 11.6 Å². The topological polar surface area (TPSA) is 37.8 Å². The Balaban J connectivity index is 2.20. The fraction of sp³-hybridized carbons (Fsp3) is 0.500. The highest BCUT2D eigenvalue weighted by molar-refractivity contribution is 8.02. The lowest BCUT2D eigenvalue weighted by Gasteiger charge is -2.05. The van der Waals surface area contributed by atoms with Crippen molar-refractivity contribution >= 4 is 24.0 Å². The summed E-state index contributed by atoms with van der Waals surface area (Å²) in [6.45, 7) is 4.55. The highest BCUT2D eigenvalue weighted by atomic mass is 32.2. The molecule has 1 N–H and O–H groups in total. The molecule has 0 bridgehead atoms. The van der Waals surface area contributed by atoms with Crippen LogP contribution in [-0.4, -0.2) is 15.3 Å². The molecule has 0 unspecified atom stereocenters. The van der Waals surface area contributed by atoms with Gasteiger partial charge in [-0.3, -0.25) is 9.78 Å². The molecule has 0 fully saturated rings. The molecule has 3 nitrogen and oxygen atoms in total. The van der Waals surface area contributed by atoms with Gasteiger partial charge in [0.15, 0.2) is 4.77 Å². The lowest BCUT2D eigenvalue weighted by molar-refractivity contribution is 0.570. The number of nitrogens with zero attached hydrogens (tertiary/aromatic N) is 1. The maximum Gasteiger partial charge on any atom is 0.251 e. The van der Waals surface area contributed by atoms with Gasteiger partial charge in [-0.2, -0.15) is 0 Å². The lowest BCUT2D eigenvalue weighted by Crippen LogP contribution is -2.11. The predicted octanol–water partition coefficient (Wildman–Crippen LogP) is 3.34. The predicted molar refractivity (Wildman–Crippen MR) is 77.0 cm³/mol. The highest BCUT2D eigenvalue weighted by Gasteiger charge is 1.94. The largest absolute Gasteiger partial charge is 0.325 e. The zero-order valence-electron chi connectivity index (χ0n) is 9.85. The summed E-state index contributed by atoms with van der Waals surface area (Å²) in [6, 6.07) is 1.51. The third-order valence-corrected chi connectivity index (χ3v) is 3.52. The minimum absolute atomic E-state index is 0.132. The molecule has 0 spiro atoms. The molecular formula is C12H18N2OS2. The maximum absolute atomic E-state index is 11.0. The van der Waals surface area contributed by atoms with Crippen molar-refractivity contribution in [2.75, 3.05) is 5.75 Å². The molecule has 1 heterocycles. The minimum atomic E-state index is -0.132. The van der Waals surface area contributed by atoms with Crippen LogP contribution in [0.3, 0.4) is 0 Å². The van der Waals surface area contributed by atoms with Gasteiger partial charge in [-0.1, -0.05) is 19.4 Å². The van der Waals surface area contributed by atoms with Gasteiger partial charge >= 0.3 is 0 Å². The van der Waals surface area contributed by atoms with E-state index in [1.807, 2.05) is 9.98 Å². The van der Waals surface area contributed by atoms with Crippen molar-refractivity contribution in [3.8, 4) is 0 Å². The van der Waals surface area contributed by atoms with Crippen molar-refractivity contribution in [2.24, 2.45) is 0 Å². The van der Waals surface area contributed by atoms with E-state index in [9.17, 15) is 4.79 Å². The first-order valence-corrected chi connectivity index (χ1v) is 7.22. The number of rotatable bonds is 8. The van der Waals surface area contributed by atoms with Gasteiger partial charge in [-0.05, 0) is 36.2 Å². The fourth-order valence-corrected chi connectivity index (χ4v) is 2.31. The molecule has 1 aromatic heterocycles. The van der Waals surface area contributed by atoms with Gasteiger partial charge < -0.3 is 4.57 Å². The van der Waals surface area contributed by atoms with Gasteiger partial charge in [0.1, 0.15) is 0 Å². The molecule has 0 saturated carbocycles. The number of aryl methyl sites for hydroxylation is 1. The Bertz CT molecular complexity index is 450. The van der Waals surface area contributed by atoms with Crippen molar-refractivity contribution in [2.45, 2.75) is 32.2 Å². The summed E-state index contributed by atoms with van der Waals surface area (Å²) in [6.07, 6.45) is 6.51. The van der Waals surface area contributed by atoms with Crippen LogP contribution in [0.1, 0.15) is 25.7 Å². The molecule has 0 aromatic carbocycles. The Morgan fingerprint density at radius 3 is 2.88 bits per heavy atom. The first-order chi connectivity index (χ1) is 8.24. The summed E-state index contributed by atoms with van der Waals surface area (Å²) >= 11 is 6.84. The average molecular weight is 270 g/mol. The monoisotopic (exact) mass is 270 g/mol. The van der Waals surface area contributed by atoms with E-state index in [1.54, 1.807) is 18.0 Å². The second-order valence-corrected chi connectivity index (χ2v) is 5.22. The Hall–Kier alpha value is -0.810. The molecule has 0 aliphatic rings. The normalized spacial score (nSPS) is 10.4. The smallest absolute Gasteiger partial charge is 0.251 e. The summed E-state index contributed by atoms with van der Waals surface area (Å²) in [5.74, 6) is 1.15. The number of thioether (sulfide) groups is 1. The van der Waals surface area contributed by atoms with Crippen molar-refractivity contribution in [3.05, 3.63) is 39.4 Å². The molecule has 0 amide bonds. The van der Waals surface area contributed by atoms with Gasteiger partial charge in [-0.15, -0.1) is 11.8 Å². The molecule has 17 heavy (non-hydrogen) atoms. The molecule has 1 rings (SSSR count). The van der Waals surface area contributed by atoms with E-state index < -0.39 is 0 Å². The standard InChI is InChI=1S/C12H18N2OS2/c1-2-17-10-6-4-3-5-8-14-9-7-11(15)13-12(14)16/h2,7,9H,1,3-6,8,10H2,(H,13,15,16). The third kappa shape index (κ3) is 5.89. The van der Waals surface area contributed by atoms with E-state index >= 15 is 0 Å². The molecule has 0 aliphatic carbocycles.